The summed E-state index contributed by atoms with van der Waals surface area (Å²) >= 11 is 0. The molecular formula is C20H27N5O5S. The topological polar surface area (TPSA) is 119 Å². The van der Waals surface area contributed by atoms with Crippen LogP contribution in [0.25, 0.3) is 0 Å². The molecule has 0 bridgehead atoms. The van der Waals surface area contributed by atoms with E-state index in [1.165, 1.54) is 16.4 Å². The molecule has 31 heavy (non-hydrogen) atoms. The zero-order chi connectivity index (χ0) is 22.6. The van der Waals surface area contributed by atoms with Gasteiger partial charge in [0.15, 0.2) is 0 Å². The molecule has 3 rings (SSSR count). The third kappa shape index (κ3) is 4.94. The Morgan fingerprint density at radius 2 is 1.97 bits per heavy atom. The van der Waals surface area contributed by atoms with Gasteiger partial charge in [0, 0.05) is 49.8 Å². The molecule has 10 nitrogen and oxygen atoms in total. The molecule has 0 saturated carbocycles. The maximum atomic E-state index is 12.7. The summed E-state index contributed by atoms with van der Waals surface area (Å²) < 4.78 is 34.0. The Bertz CT molecular complexity index is 1090. The first kappa shape index (κ1) is 22.9. The average molecular weight is 450 g/mol. The van der Waals surface area contributed by atoms with Crippen LogP contribution in [0.15, 0.2) is 34.3 Å². The van der Waals surface area contributed by atoms with Crippen LogP contribution in [-0.2, 0) is 21.3 Å². The summed E-state index contributed by atoms with van der Waals surface area (Å²) in [6, 6.07) is 5.80. The van der Waals surface area contributed by atoms with Crippen molar-refractivity contribution < 1.29 is 18.1 Å². The summed E-state index contributed by atoms with van der Waals surface area (Å²) in [5, 5.41) is 15.7. The van der Waals surface area contributed by atoms with Crippen molar-refractivity contribution in [3.63, 3.8) is 0 Å². The van der Waals surface area contributed by atoms with E-state index < -0.39 is 14.9 Å². The number of anilines is 1. The molecule has 1 aromatic heterocycles. The number of rotatable bonds is 9. The highest BCUT2D eigenvalue weighted by atomic mass is 32.2. The predicted octanol–water partition coefficient (Wildman–Crippen LogP) is 2.89. The Kier molecular flexibility index (Phi) is 7.08. The molecule has 2 aromatic rings. The van der Waals surface area contributed by atoms with Crippen LogP contribution in [-0.4, -0.2) is 55.2 Å². The van der Waals surface area contributed by atoms with Crippen LogP contribution in [0.2, 0.25) is 0 Å². The van der Waals surface area contributed by atoms with E-state index in [9.17, 15) is 18.5 Å². The summed E-state index contributed by atoms with van der Waals surface area (Å²) in [4.78, 5) is 10.8. The van der Waals surface area contributed by atoms with E-state index >= 15 is 0 Å². The molecule has 1 N–H and O–H groups in total. The SMILES string of the molecule is COCCn1c(C)cc(C=NNc2ccc(S(=O)(=O)N3CCCC3)cc2[N+](=O)[O-])c1C. The minimum atomic E-state index is -3.74. The second-order valence-electron chi connectivity index (χ2n) is 7.39. The fourth-order valence-electron chi connectivity index (χ4n) is 3.65. The van der Waals surface area contributed by atoms with E-state index in [1.54, 1.807) is 13.3 Å². The lowest BCUT2D eigenvalue weighted by Crippen LogP contribution is -2.27. The van der Waals surface area contributed by atoms with Crippen molar-refractivity contribution in [1.82, 2.24) is 8.87 Å². The van der Waals surface area contributed by atoms with Crippen LogP contribution in [0.3, 0.4) is 0 Å². The average Bonchev–Trinajstić information content (AvgIpc) is 3.36. The Morgan fingerprint density at radius 3 is 2.61 bits per heavy atom. The number of hydrazone groups is 1. The summed E-state index contributed by atoms with van der Waals surface area (Å²) in [7, 11) is -2.09. The highest BCUT2D eigenvalue weighted by Gasteiger charge is 2.29. The second kappa shape index (κ2) is 9.58. The van der Waals surface area contributed by atoms with E-state index in [0.29, 0.717) is 26.2 Å². The van der Waals surface area contributed by atoms with Crippen molar-refractivity contribution >= 4 is 27.6 Å². The Labute approximate surface area is 181 Å². The first-order valence-corrected chi connectivity index (χ1v) is 11.4. The van der Waals surface area contributed by atoms with Gasteiger partial charge in [0.2, 0.25) is 10.0 Å². The molecule has 2 heterocycles. The van der Waals surface area contributed by atoms with Crippen LogP contribution in [0, 0.1) is 24.0 Å². The number of methoxy groups -OCH3 is 1. The van der Waals surface area contributed by atoms with E-state index in [0.717, 1.165) is 35.9 Å². The number of hydrogen-bond acceptors (Lipinski definition) is 7. The number of hydrogen-bond donors (Lipinski definition) is 1. The molecule has 11 heteroatoms. The lowest BCUT2D eigenvalue weighted by molar-refractivity contribution is -0.384. The van der Waals surface area contributed by atoms with Crippen LogP contribution >= 0.6 is 0 Å². The molecule has 0 unspecified atom stereocenters. The first-order valence-electron chi connectivity index (χ1n) is 9.99. The Hall–Kier alpha value is -2.76. The van der Waals surface area contributed by atoms with Gasteiger partial charge in [0.1, 0.15) is 5.69 Å². The number of ether oxygens (including phenoxy) is 1. The molecule has 168 valence electrons. The Balaban J connectivity index is 1.81. The number of aryl methyl sites for hydroxylation is 1. The molecule has 1 saturated heterocycles. The molecule has 1 aliphatic rings. The first-order chi connectivity index (χ1) is 14.8. The van der Waals surface area contributed by atoms with Gasteiger partial charge in [-0.1, -0.05) is 0 Å². The molecular weight excluding hydrogens is 422 g/mol. The number of aromatic nitrogens is 1. The van der Waals surface area contributed by atoms with Crippen molar-refractivity contribution in [2.24, 2.45) is 5.10 Å². The van der Waals surface area contributed by atoms with Crippen LogP contribution in [0.1, 0.15) is 29.8 Å². The van der Waals surface area contributed by atoms with Gasteiger partial charge in [-0.15, -0.1) is 0 Å². The van der Waals surface area contributed by atoms with Gasteiger partial charge in [-0.25, -0.2) is 8.42 Å². The normalized spacial score (nSPS) is 15.1. The number of nitro groups is 1. The molecule has 0 atom stereocenters. The summed E-state index contributed by atoms with van der Waals surface area (Å²) in [5.74, 6) is 0. The lowest BCUT2D eigenvalue weighted by atomic mass is 10.2. The third-order valence-corrected chi connectivity index (χ3v) is 7.28. The van der Waals surface area contributed by atoms with E-state index in [4.69, 9.17) is 4.74 Å². The van der Waals surface area contributed by atoms with Crippen molar-refractivity contribution in [3.05, 3.63) is 51.3 Å². The summed E-state index contributed by atoms with van der Waals surface area (Å²) in [5.41, 5.74) is 5.38. The van der Waals surface area contributed by atoms with Gasteiger partial charge in [-0.05, 0) is 44.9 Å². The maximum Gasteiger partial charge on any atom is 0.295 e. The third-order valence-electron chi connectivity index (χ3n) is 5.39. The van der Waals surface area contributed by atoms with E-state index in [-0.39, 0.29) is 16.3 Å². The number of nitro benzene ring substituents is 1. The number of benzene rings is 1. The molecule has 0 amide bonds. The predicted molar refractivity (Wildman–Crippen MR) is 118 cm³/mol. The van der Waals surface area contributed by atoms with Gasteiger partial charge in [-0.2, -0.15) is 9.41 Å². The smallest absolute Gasteiger partial charge is 0.295 e. The quantitative estimate of drug-likeness (QED) is 0.357. The molecule has 0 aliphatic carbocycles. The molecule has 0 spiro atoms. The van der Waals surface area contributed by atoms with Gasteiger partial charge in [0.05, 0.1) is 22.6 Å². The second-order valence-corrected chi connectivity index (χ2v) is 9.33. The van der Waals surface area contributed by atoms with Gasteiger partial charge in [-0.3, -0.25) is 15.5 Å². The Morgan fingerprint density at radius 1 is 1.26 bits per heavy atom. The fourth-order valence-corrected chi connectivity index (χ4v) is 5.19. The van der Waals surface area contributed by atoms with Crippen LogP contribution in [0.5, 0.6) is 0 Å². The fraction of sp³-hybridized carbons (Fsp3) is 0.450. The summed E-state index contributed by atoms with van der Waals surface area (Å²) in [6.45, 7) is 6.12. The highest BCUT2D eigenvalue weighted by molar-refractivity contribution is 7.89. The van der Waals surface area contributed by atoms with Crippen LogP contribution < -0.4 is 5.43 Å². The van der Waals surface area contributed by atoms with Crippen molar-refractivity contribution in [1.29, 1.82) is 0 Å². The minimum absolute atomic E-state index is 0.0858. The van der Waals surface area contributed by atoms with Crippen molar-refractivity contribution in [2.75, 3.05) is 32.2 Å². The molecule has 1 aliphatic heterocycles. The number of nitrogens with one attached hydrogen (secondary N) is 1. The van der Waals surface area contributed by atoms with Gasteiger partial charge in [0.25, 0.3) is 5.69 Å². The molecule has 1 aromatic carbocycles. The maximum absolute atomic E-state index is 12.7. The van der Waals surface area contributed by atoms with E-state index in [2.05, 4.69) is 15.1 Å². The largest absolute Gasteiger partial charge is 0.383 e. The van der Waals surface area contributed by atoms with E-state index in [1.807, 2.05) is 19.9 Å². The van der Waals surface area contributed by atoms with Gasteiger partial charge < -0.3 is 9.30 Å². The summed E-state index contributed by atoms with van der Waals surface area (Å²) in [6.07, 6.45) is 3.17. The molecule has 1 fully saturated rings. The van der Waals surface area contributed by atoms with Crippen molar-refractivity contribution in [3.8, 4) is 0 Å². The minimum Gasteiger partial charge on any atom is -0.383 e. The molecule has 0 radical (unpaired) electrons. The zero-order valence-electron chi connectivity index (χ0n) is 17.9. The van der Waals surface area contributed by atoms with Gasteiger partial charge >= 0.3 is 0 Å². The zero-order valence-corrected chi connectivity index (χ0v) is 18.7. The standard InChI is InChI=1S/C20H27N5O5S/c1-15-12-17(16(2)24(15)10-11-30-3)14-21-22-19-7-6-18(13-20(19)25(26)27)31(28,29)23-8-4-5-9-23/h6-7,12-14,22H,4-5,8-11H2,1-3H3. The number of nitrogens with zero attached hydrogens (tertiary/aromatic N) is 4. The number of sulfonamides is 1. The van der Waals surface area contributed by atoms with Crippen LogP contribution in [0.4, 0.5) is 11.4 Å². The van der Waals surface area contributed by atoms with Crippen molar-refractivity contribution in [2.45, 2.75) is 38.1 Å². The lowest BCUT2D eigenvalue weighted by Gasteiger charge is -2.15. The monoisotopic (exact) mass is 449 g/mol. The highest BCUT2D eigenvalue weighted by Crippen LogP contribution is 2.30.